The van der Waals surface area contributed by atoms with E-state index in [1.165, 1.54) is 0 Å². The number of hydrogen-bond donors (Lipinski definition) is 1. The van der Waals surface area contributed by atoms with Crippen molar-refractivity contribution in [2.45, 2.75) is 0 Å². The maximum Gasteiger partial charge on any atom is 0.206 e. The number of halogens is 1. The van der Waals surface area contributed by atoms with Gasteiger partial charge >= 0.3 is 0 Å². The van der Waals surface area contributed by atoms with Crippen molar-refractivity contribution in [1.82, 2.24) is 4.98 Å². The van der Waals surface area contributed by atoms with Crippen molar-refractivity contribution in [3.8, 4) is 0 Å². The summed E-state index contributed by atoms with van der Waals surface area (Å²) in [6.07, 6.45) is 0.777. The minimum absolute atomic E-state index is 0.533. The van der Waals surface area contributed by atoms with Gasteiger partial charge in [-0.05, 0) is 28.1 Å². The van der Waals surface area contributed by atoms with Gasteiger partial charge in [0.05, 0.1) is 10.2 Å². The van der Waals surface area contributed by atoms with Crippen LogP contribution in [0.25, 0.3) is 22.1 Å². The first-order valence-electron chi connectivity index (χ1n) is 4.44. The van der Waals surface area contributed by atoms with Gasteiger partial charge in [-0.25, -0.2) is 0 Å². The molecule has 2 aromatic heterocycles. The van der Waals surface area contributed by atoms with Crippen LogP contribution in [0, 0.1) is 0 Å². The Morgan fingerprint density at radius 2 is 2.20 bits per heavy atom. The Morgan fingerprint density at radius 3 is 3.00 bits per heavy atom. The minimum Gasteiger partial charge on any atom is -0.439 e. The average molecular weight is 264 g/mol. The summed E-state index contributed by atoms with van der Waals surface area (Å²) in [6, 6.07) is 7.62. The molecule has 0 saturated carbocycles. The maximum atomic E-state index is 10.6. The standard InChI is InChI=1S/C11H6BrNO2/c12-9-3-1-2-7-8-4-6(5-14)13-11(8)15-10(7)9/h1-5,13H. The van der Waals surface area contributed by atoms with Crippen LogP contribution < -0.4 is 0 Å². The smallest absolute Gasteiger partial charge is 0.206 e. The quantitative estimate of drug-likeness (QED) is 0.684. The molecular formula is C11H6BrNO2. The predicted molar refractivity (Wildman–Crippen MR) is 61.2 cm³/mol. The van der Waals surface area contributed by atoms with Crippen LogP contribution in [0.4, 0.5) is 0 Å². The van der Waals surface area contributed by atoms with Crippen molar-refractivity contribution < 1.29 is 9.21 Å². The van der Waals surface area contributed by atoms with Crippen LogP contribution in [-0.2, 0) is 0 Å². The lowest BCUT2D eigenvalue weighted by atomic mass is 10.2. The lowest BCUT2D eigenvalue weighted by Gasteiger charge is -1.90. The molecule has 3 aromatic rings. The third-order valence-electron chi connectivity index (χ3n) is 2.39. The first-order valence-corrected chi connectivity index (χ1v) is 5.24. The second-order valence-electron chi connectivity index (χ2n) is 3.30. The number of rotatable bonds is 1. The lowest BCUT2D eigenvalue weighted by molar-refractivity contribution is 0.111. The molecule has 0 aliphatic carbocycles. The van der Waals surface area contributed by atoms with Crippen LogP contribution in [0.3, 0.4) is 0 Å². The third-order valence-corrected chi connectivity index (χ3v) is 3.02. The molecule has 3 nitrogen and oxygen atoms in total. The van der Waals surface area contributed by atoms with Crippen LogP contribution in [0.5, 0.6) is 0 Å². The molecule has 0 fully saturated rings. The fourth-order valence-corrected chi connectivity index (χ4v) is 2.17. The molecule has 0 amide bonds. The van der Waals surface area contributed by atoms with Crippen molar-refractivity contribution in [3.05, 3.63) is 34.4 Å². The van der Waals surface area contributed by atoms with Gasteiger partial charge < -0.3 is 9.40 Å². The number of H-pyrrole nitrogens is 1. The number of carbonyl (C=O) groups excluding carboxylic acids is 1. The molecule has 0 unspecified atom stereocenters. The van der Waals surface area contributed by atoms with Gasteiger partial charge in [-0.15, -0.1) is 0 Å². The van der Waals surface area contributed by atoms with Crippen molar-refractivity contribution >= 4 is 44.3 Å². The number of nitrogens with one attached hydrogen (secondary N) is 1. The Kier molecular flexibility index (Phi) is 1.73. The molecule has 0 aliphatic heterocycles. The second kappa shape index (κ2) is 2.97. The van der Waals surface area contributed by atoms with E-state index < -0.39 is 0 Å². The van der Waals surface area contributed by atoms with Crippen molar-refractivity contribution in [2.24, 2.45) is 0 Å². The highest BCUT2D eigenvalue weighted by atomic mass is 79.9. The van der Waals surface area contributed by atoms with Gasteiger partial charge in [-0.1, -0.05) is 12.1 Å². The van der Waals surface area contributed by atoms with Crippen LogP contribution >= 0.6 is 15.9 Å². The second-order valence-corrected chi connectivity index (χ2v) is 4.16. The van der Waals surface area contributed by atoms with Crippen molar-refractivity contribution in [2.75, 3.05) is 0 Å². The van der Waals surface area contributed by atoms with Gasteiger partial charge in [0.1, 0.15) is 0 Å². The summed E-state index contributed by atoms with van der Waals surface area (Å²) < 4.78 is 6.52. The highest BCUT2D eigenvalue weighted by Gasteiger charge is 2.11. The Balaban J connectivity index is 2.50. The first kappa shape index (κ1) is 8.73. The Bertz CT molecular complexity index is 666. The van der Waals surface area contributed by atoms with Gasteiger partial charge in [0, 0.05) is 10.8 Å². The molecule has 0 bridgehead atoms. The maximum absolute atomic E-state index is 10.6. The molecule has 1 aromatic carbocycles. The first-order chi connectivity index (χ1) is 7.29. The third kappa shape index (κ3) is 1.15. The monoisotopic (exact) mass is 263 g/mol. The zero-order valence-corrected chi connectivity index (χ0v) is 9.17. The van der Waals surface area contributed by atoms with E-state index in [-0.39, 0.29) is 0 Å². The summed E-state index contributed by atoms with van der Waals surface area (Å²) in [6.45, 7) is 0. The molecule has 0 radical (unpaired) electrons. The predicted octanol–water partition coefficient (Wildman–Crippen LogP) is 3.49. The molecule has 4 heteroatoms. The summed E-state index contributed by atoms with van der Waals surface area (Å²) in [4.78, 5) is 13.5. The Hall–Kier alpha value is -1.55. The molecule has 1 N–H and O–H groups in total. The summed E-state index contributed by atoms with van der Waals surface area (Å²) in [5.74, 6) is 0. The molecule has 74 valence electrons. The minimum atomic E-state index is 0.533. The Labute approximate surface area is 93.2 Å². The zero-order chi connectivity index (χ0) is 10.4. The zero-order valence-electron chi connectivity index (χ0n) is 7.58. The van der Waals surface area contributed by atoms with E-state index in [1.54, 1.807) is 6.07 Å². The number of para-hydroxylation sites is 1. The fraction of sp³-hybridized carbons (Fsp3) is 0. The van der Waals surface area contributed by atoms with Gasteiger partial charge in [0.2, 0.25) is 5.71 Å². The fourth-order valence-electron chi connectivity index (χ4n) is 1.73. The highest BCUT2D eigenvalue weighted by Crippen LogP contribution is 2.33. The SMILES string of the molecule is O=Cc1cc2c([nH]1)oc1c(Br)cccc12. The number of aldehydes is 1. The largest absolute Gasteiger partial charge is 0.439 e. The van der Waals surface area contributed by atoms with Crippen LogP contribution in [0.2, 0.25) is 0 Å². The van der Waals surface area contributed by atoms with Crippen LogP contribution in [0.15, 0.2) is 33.2 Å². The summed E-state index contributed by atoms with van der Waals surface area (Å²) in [7, 11) is 0. The molecule has 15 heavy (non-hydrogen) atoms. The van der Waals surface area contributed by atoms with E-state index >= 15 is 0 Å². The number of furan rings is 1. The van der Waals surface area contributed by atoms with Crippen LogP contribution in [-0.4, -0.2) is 11.3 Å². The average Bonchev–Trinajstić information content (AvgIpc) is 2.76. The van der Waals surface area contributed by atoms with Crippen LogP contribution in [0.1, 0.15) is 10.5 Å². The van der Waals surface area contributed by atoms with Gasteiger partial charge in [0.15, 0.2) is 11.9 Å². The number of carbonyl (C=O) groups is 1. The highest BCUT2D eigenvalue weighted by molar-refractivity contribution is 9.10. The molecule has 0 atom stereocenters. The van der Waals surface area contributed by atoms with E-state index in [0.717, 1.165) is 27.1 Å². The van der Waals surface area contributed by atoms with E-state index in [4.69, 9.17) is 4.42 Å². The lowest BCUT2D eigenvalue weighted by Crippen LogP contribution is -1.75. The normalized spacial score (nSPS) is 11.3. The van der Waals surface area contributed by atoms with Crippen molar-refractivity contribution in [3.63, 3.8) is 0 Å². The van der Waals surface area contributed by atoms with Crippen molar-refractivity contribution in [1.29, 1.82) is 0 Å². The van der Waals surface area contributed by atoms with Gasteiger partial charge in [0.25, 0.3) is 0 Å². The summed E-state index contributed by atoms with van der Waals surface area (Å²) in [5, 5.41) is 1.94. The number of aromatic amines is 1. The number of fused-ring (bicyclic) bond motifs is 3. The number of aromatic nitrogens is 1. The number of hydrogen-bond acceptors (Lipinski definition) is 2. The molecule has 3 rings (SSSR count). The molecular weight excluding hydrogens is 258 g/mol. The topological polar surface area (TPSA) is 46.0 Å². The summed E-state index contributed by atoms with van der Waals surface area (Å²) >= 11 is 3.42. The van der Waals surface area contributed by atoms with E-state index in [1.807, 2.05) is 18.2 Å². The van der Waals surface area contributed by atoms with E-state index in [9.17, 15) is 4.79 Å². The molecule has 0 spiro atoms. The van der Waals surface area contributed by atoms with Gasteiger partial charge in [-0.2, -0.15) is 0 Å². The van der Waals surface area contributed by atoms with Gasteiger partial charge in [-0.3, -0.25) is 4.79 Å². The van der Waals surface area contributed by atoms with E-state index in [0.29, 0.717) is 11.4 Å². The Morgan fingerprint density at radius 1 is 1.33 bits per heavy atom. The number of benzene rings is 1. The molecule has 0 aliphatic rings. The molecule has 0 saturated heterocycles. The molecule has 2 heterocycles. The summed E-state index contributed by atoms with van der Waals surface area (Å²) in [5.41, 5.74) is 1.97. The van der Waals surface area contributed by atoms with E-state index in [2.05, 4.69) is 20.9 Å².